The van der Waals surface area contributed by atoms with Gasteiger partial charge in [0.25, 0.3) is 5.56 Å². The van der Waals surface area contributed by atoms with E-state index in [0.717, 1.165) is 12.8 Å². The highest BCUT2D eigenvalue weighted by molar-refractivity contribution is 5.77. The van der Waals surface area contributed by atoms with Crippen LogP contribution in [0.4, 0.5) is 4.39 Å². The molecule has 1 fully saturated rings. The first-order chi connectivity index (χ1) is 11.5. The summed E-state index contributed by atoms with van der Waals surface area (Å²) in [4.78, 5) is 18.6. The van der Waals surface area contributed by atoms with Crippen LogP contribution in [-0.4, -0.2) is 16.1 Å². The van der Waals surface area contributed by atoms with Gasteiger partial charge in [0.05, 0.1) is 11.8 Å². The Morgan fingerprint density at radius 3 is 2.88 bits per heavy atom. The molecule has 0 radical (unpaired) electrons. The minimum Gasteiger partial charge on any atom is -0.487 e. The van der Waals surface area contributed by atoms with Gasteiger partial charge < -0.3 is 9.72 Å². The van der Waals surface area contributed by atoms with E-state index in [0.29, 0.717) is 22.7 Å². The first-order valence-corrected chi connectivity index (χ1v) is 7.64. The van der Waals surface area contributed by atoms with Gasteiger partial charge in [-0.3, -0.25) is 4.79 Å². The molecule has 0 bridgehead atoms. The third-order valence-corrected chi connectivity index (χ3v) is 3.77. The topological polar surface area (TPSA) is 78.8 Å². The van der Waals surface area contributed by atoms with E-state index in [2.05, 4.69) is 9.97 Å². The Kier molecular flexibility index (Phi) is 4.17. The molecule has 3 rings (SSSR count). The minimum atomic E-state index is -0.501. The van der Waals surface area contributed by atoms with Crippen molar-refractivity contribution in [2.24, 2.45) is 0 Å². The van der Waals surface area contributed by atoms with E-state index in [1.807, 2.05) is 6.07 Å². The molecule has 1 aromatic carbocycles. The third kappa shape index (κ3) is 3.20. The molecule has 0 amide bonds. The summed E-state index contributed by atoms with van der Waals surface area (Å²) in [6.45, 7) is 3.31. The first kappa shape index (κ1) is 15.9. The van der Waals surface area contributed by atoms with Crippen molar-refractivity contribution in [3.05, 3.63) is 57.0 Å². The normalized spacial score (nSPS) is 14.3. The van der Waals surface area contributed by atoms with Crippen LogP contribution in [0.15, 0.2) is 23.0 Å². The van der Waals surface area contributed by atoms with Crippen LogP contribution in [0.1, 0.15) is 42.4 Å². The van der Waals surface area contributed by atoms with E-state index in [4.69, 9.17) is 10.00 Å². The standard InChI is InChI=1S/C18H16FN3O2/c1-10(17-21-11(2)14(9-20)18(23)22-17)8-12-4-3-5-15(16(12)19)24-13-6-7-13/h3-5,8,13H,6-7H2,1-2H3,(H,21,22,23)/b10-8+. The molecule has 5 nitrogen and oxygen atoms in total. The number of allylic oxidation sites excluding steroid dienone is 1. The average molecular weight is 325 g/mol. The third-order valence-electron chi connectivity index (χ3n) is 3.77. The Hall–Kier alpha value is -2.94. The van der Waals surface area contributed by atoms with Crippen LogP contribution < -0.4 is 10.3 Å². The van der Waals surface area contributed by atoms with Gasteiger partial charge in [-0.05, 0) is 44.4 Å². The number of benzene rings is 1. The van der Waals surface area contributed by atoms with Crippen LogP contribution >= 0.6 is 0 Å². The van der Waals surface area contributed by atoms with Crippen LogP contribution in [0.3, 0.4) is 0 Å². The Bertz CT molecular complexity index is 921. The number of hydrogen-bond acceptors (Lipinski definition) is 4. The summed E-state index contributed by atoms with van der Waals surface area (Å²) >= 11 is 0. The predicted octanol–water partition coefficient (Wildman–Crippen LogP) is 3.19. The summed E-state index contributed by atoms with van der Waals surface area (Å²) in [7, 11) is 0. The lowest BCUT2D eigenvalue weighted by Gasteiger charge is -2.08. The number of ether oxygens (including phenoxy) is 1. The van der Waals surface area contributed by atoms with Crippen LogP contribution in [-0.2, 0) is 0 Å². The summed E-state index contributed by atoms with van der Waals surface area (Å²) in [6.07, 6.45) is 3.61. The maximum Gasteiger partial charge on any atom is 0.269 e. The van der Waals surface area contributed by atoms with E-state index < -0.39 is 11.4 Å². The van der Waals surface area contributed by atoms with Gasteiger partial charge in [-0.15, -0.1) is 0 Å². The van der Waals surface area contributed by atoms with Crippen molar-refractivity contribution >= 4 is 11.6 Å². The van der Waals surface area contributed by atoms with E-state index in [1.54, 1.807) is 38.1 Å². The number of aromatic amines is 1. The molecule has 1 heterocycles. The SMILES string of the molecule is C/C(=C\c1cccc(OC2CC2)c1F)c1nc(C)c(C#N)c(=O)[nH]1. The van der Waals surface area contributed by atoms with Gasteiger partial charge in [0.2, 0.25) is 0 Å². The number of nitriles is 1. The fourth-order valence-corrected chi connectivity index (χ4v) is 2.30. The van der Waals surface area contributed by atoms with Crippen molar-refractivity contribution in [3.8, 4) is 11.8 Å². The Morgan fingerprint density at radius 2 is 2.25 bits per heavy atom. The van der Waals surface area contributed by atoms with E-state index in [-0.39, 0.29) is 17.4 Å². The van der Waals surface area contributed by atoms with Gasteiger partial charge in [-0.25, -0.2) is 9.37 Å². The van der Waals surface area contributed by atoms with Crippen molar-refractivity contribution < 1.29 is 9.13 Å². The summed E-state index contributed by atoms with van der Waals surface area (Å²) in [5, 5.41) is 8.92. The van der Waals surface area contributed by atoms with E-state index >= 15 is 0 Å². The van der Waals surface area contributed by atoms with Crippen LogP contribution in [0.5, 0.6) is 5.75 Å². The molecule has 0 saturated heterocycles. The molecule has 1 aromatic heterocycles. The molecule has 6 heteroatoms. The molecular weight excluding hydrogens is 309 g/mol. The number of nitrogens with zero attached hydrogens (tertiary/aromatic N) is 2. The second kappa shape index (κ2) is 6.28. The largest absolute Gasteiger partial charge is 0.487 e. The van der Waals surface area contributed by atoms with Gasteiger partial charge in [-0.1, -0.05) is 12.1 Å². The smallest absolute Gasteiger partial charge is 0.269 e. The number of aromatic nitrogens is 2. The minimum absolute atomic E-state index is 0.0161. The molecule has 2 aromatic rings. The number of hydrogen-bond donors (Lipinski definition) is 1. The highest BCUT2D eigenvalue weighted by Crippen LogP contribution is 2.30. The number of nitrogens with one attached hydrogen (secondary N) is 1. The van der Waals surface area contributed by atoms with Gasteiger partial charge in [0.15, 0.2) is 11.6 Å². The molecule has 1 saturated carbocycles. The Morgan fingerprint density at radius 1 is 1.50 bits per heavy atom. The fourth-order valence-electron chi connectivity index (χ4n) is 2.30. The van der Waals surface area contributed by atoms with Crippen molar-refractivity contribution in [1.82, 2.24) is 9.97 Å². The quantitative estimate of drug-likeness (QED) is 0.936. The first-order valence-electron chi connectivity index (χ1n) is 7.64. The lowest BCUT2D eigenvalue weighted by molar-refractivity contribution is 0.287. The maximum atomic E-state index is 14.5. The van der Waals surface area contributed by atoms with Gasteiger partial charge in [0.1, 0.15) is 17.5 Å². The molecule has 24 heavy (non-hydrogen) atoms. The molecule has 122 valence electrons. The molecule has 1 N–H and O–H groups in total. The van der Waals surface area contributed by atoms with Crippen molar-refractivity contribution in [2.45, 2.75) is 32.8 Å². The van der Waals surface area contributed by atoms with Crippen LogP contribution in [0.2, 0.25) is 0 Å². The molecule has 0 unspecified atom stereocenters. The summed E-state index contributed by atoms with van der Waals surface area (Å²) in [5.41, 5.74) is 0.768. The van der Waals surface area contributed by atoms with Crippen LogP contribution in [0.25, 0.3) is 11.6 Å². The van der Waals surface area contributed by atoms with Crippen molar-refractivity contribution in [2.75, 3.05) is 0 Å². The summed E-state index contributed by atoms with van der Waals surface area (Å²) in [5.74, 6) is 0.109. The van der Waals surface area contributed by atoms with Crippen molar-refractivity contribution in [3.63, 3.8) is 0 Å². The zero-order valence-corrected chi connectivity index (χ0v) is 13.4. The second-order valence-electron chi connectivity index (χ2n) is 5.79. The molecular formula is C18H16FN3O2. The zero-order chi connectivity index (χ0) is 17.3. The predicted molar refractivity (Wildman–Crippen MR) is 87.9 cm³/mol. The van der Waals surface area contributed by atoms with Gasteiger partial charge in [0, 0.05) is 5.56 Å². The molecule has 1 aliphatic carbocycles. The van der Waals surface area contributed by atoms with Gasteiger partial charge >= 0.3 is 0 Å². The monoisotopic (exact) mass is 325 g/mol. The highest BCUT2D eigenvalue weighted by Gasteiger charge is 2.25. The molecule has 0 aliphatic heterocycles. The average Bonchev–Trinajstić information content (AvgIpc) is 3.35. The van der Waals surface area contributed by atoms with Gasteiger partial charge in [-0.2, -0.15) is 5.26 Å². The molecule has 1 aliphatic rings. The number of H-pyrrole nitrogens is 1. The van der Waals surface area contributed by atoms with Crippen molar-refractivity contribution in [1.29, 1.82) is 5.26 Å². The number of rotatable bonds is 4. The summed E-state index contributed by atoms with van der Waals surface area (Å²) < 4.78 is 20.0. The van der Waals surface area contributed by atoms with E-state index in [9.17, 15) is 9.18 Å². The van der Waals surface area contributed by atoms with E-state index in [1.165, 1.54) is 0 Å². The molecule has 0 spiro atoms. The van der Waals surface area contributed by atoms with Crippen LogP contribution in [0, 0.1) is 24.1 Å². The fraction of sp³-hybridized carbons (Fsp3) is 0.278. The molecule has 0 atom stereocenters. The number of aryl methyl sites for hydroxylation is 1. The Balaban J connectivity index is 1.97. The lowest BCUT2D eigenvalue weighted by Crippen LogP contribution is -2.16. The highest BCUT2D eigenvalue weighted by atomic mass is 19.1. The Labute approximate surface area is 138 Å². The lowest BCUT2D eigenvalue weighted by atomic mass is 10.1. The maximum absolute atomic E-state index is 14.5. The zero-order valence-electron chi connectivity index (χ0n) is 13.4. The summed E-state index contributed by atoms with van der Waals surface area (Å²) in [6, 6.07) is 6.78. The second-order valence-corrected chi connectivity index (χ2v) is 5.79. The number of halogens is 1.